The highest BCUT2D eigenvalue weighted by atomic mass is 19.4. The average Bonchev–Trinajstić information content (AvgIpc) is 2.73. The first-order valence-corrected chi connectivity index (χ1v) is 9.81. The van der Waals surface area contributed by atoms with Gasteiger partial charge in [0.05, 0.1) is 5.56 Å². The van der Waals surface area contributed by atoms with Crippen LogP contribution in [0.3, 0.4) is 0 Å². The third kappa shape index (κ3) is 8.29. The average molecular weight is 435 g/mol. The van der Waals surface area contributed by atoms with Crippen LogP contribution in [0, 0.1) is 0 Å². The summed E-state index contributed by atoms with van der Waals surface area (Å²) in [5.41, 5.74) is 1.50. The maximum Gasteiger partial charge on any atom is 0.416 e. The lowest BCUT2D eigenvalue weighted by atomic mass is 10.1. The van der Waals surface area contributed by atoms with E-state index in [9.17, 15) is 18.0 Å². The Labute approximate surface area is 180 Å². The summed E-state index contributed by atoms with van der Waals surface area (Å²) in [5.74, 6) is 0.370. The molecule has 0 heterocycles. The molecule has 0 spiro atoms. The molecule has 0 aliphatic heterocycles. The van der Waals surface area contributed by atoms with E-state index in [4.69, 9.17) is 0 Å². The molecule has 3 N–H and O–H groups in total. The van der Waals surface area contributed by atoms with E-state index in [-0.39, 0.29) is 5.91 Å². The lowest BCUT2D eigenvalue weighted by molar-refractivity contribution is -0.137. The molecule has 9 heteroatoms. The molecule has 0 aliphatic carbocycles. The SMILES string of the molecule is CN=C(NCc1ccc(C(F)(F)F)cc1)NCc1cccc(C(=O)NCCN(C)C)c1. The van der Waals surface area contributed by atoms with Crippen molar-refractivity contribution in [1.29, 1.82) is 0 Å². The second-order valence-corrected chi connectivity index (χ2v) is 7.23. The fourth-order valence-electron chi connectivity index (χ4n) is 2.72. The molecular weight excluding hydrogens is 407 g/mol. The summed E-state index contributed by atoms with van der Waals surface area (Å²) in [6.45, 7) is 2.08. The normalized spacial score (nSPS) is 12.0. The molecule has 31 heavy (non-hydrogen) atoms. The standard InChI is InChI=1S/C22H28F3N5O/c1-26-21(28-14-16-7-9-19(10-8-16)22(23,24)25)29-15-17-5-4-6-18(13-17)20(31)27-11-12-30(2)3/h4-10,13H,11-12,14-15H2,1-3H3,(H,27,31)(H2,26,28,29). The van der Waals surface area contributed by atoms with E-state index in [1.807, 2.05) is 31.1 Å². The summed E-state index contributed by atoms with van der Waals surface area (Å²) >= 11 is 0. The second kappa shape index (κ2) is 11.4. The number of carbonyl (C=O) groups is 1. The van der Waals surface area contributed by atoms with Gasteiger partial charge in [0.25, 0.3) is 5.91 Å². The second-order valence-electron chi connectivity index (χ2n) is 7.23. The van der Waals surface area contributed by atoms with Crippen LogP contribution in [0.5, 0.6) is 0 Å². The van der Waals surface area contributed by atoms with Crippen molar-refractivity contribution in [1.82, 2.24) is 20.9 Å². The molecule has 2 aromatic rings. The minimum atomic E-state index is -4.35. The van der Waals surface area contributed by atoms with Gasteiger partial charge in [-0.1, -0.05) is 24.3 Å². The summed E-state index contributed by atoms with van der Waals surface area (Å²) < 4.78 is 37.9. The molecule has 0 unspecified atom stereocenters. The monoisotopic (exact) mass is 435 g/mol. The minimum absolute atomic E-state index is 0.131. The minimum Gasteiger partial charge on any atom is -0.352 e. The molecule has 0 saturated heterocycles. The number of alkyl halides is 3. The number of benzene rings is 2. The Bertz CT molecular complexity index is 879. The molecule has 2 rings (SSSR count). The fraction of sp³-hybridized carbons (Fsp3) is 0.364. The molecule has 0 radical (unpaired) electrons. The Morgan fingerprint density at radius 1 is 0.968 bits per heavy atom. The van der Waals surface area contributed by atoms with Gasteiger partial charge in [-0.05, 0) is 49.5 Å². The van der Waals surface area contributed by atoms with E-state index in [0.29, 0.717) is 36.7 Å². The summed E-state index contributed by atoms with van der Waals surface area (Å²) in [7, 11) is 5.49. The van der Waals surface area contributed by atoms with E-state index >= 15 is 0 Å². The molecule has 0 bridgehead atoms. The molecule has 0 fully saturated rings. The summed E-state index contributed by atoms with van der Waals surface area (Å²) in [6.07, 6.45) is -4.35. The van der Waals surface area contributed by atoms with Gasteiger partial charge in [-0.15, -0.1) is 0 Å². The summed E-state index contributed by atoms with van der Waals surface area (Å²) in [6, 6.07) is 12.3. The number of likely N-dealkylation sites (N-methyl/N-ethyl adjacent to an activating group) is 1. The number of amides is 1. The van der Waals surface area contributed by atoms with Crippen molar-refractivity contribution in [2.45, 2.75) is 19.3 Å². The highest BCUT2D eigenvalue weighted by molar-refractivity contribution is 5.94. The molecule has 1 amide bonds. The highest BCUT2D eigenvalue weighted by Gasteiger charge is 2.29. The number of hydrogen-bond donors (Lipinski definition) is 3. The van der Waals surface area contributed by atoms with Crippen LogP contribution in [-0.2, 0) is 19.3 Å². The maximum absolute atomic E-state index is 12.6. The molecule has 168 valence electrons. The van der Waals surface area contributed by atoms with Gasteiger partial charge in [-0.25, -0.2) is 0 Å². The van der Waals surface area contributed by atoms with Crippen molar-refractivity contribution in [2.24, 2.45) is 4.99 Å². The van der Waals surface area contributed by atoms with Crippen molar-refractivity contribution in [2.75, 3.05) is 34.2 Å². The molecule has 2 aromatic carbocycles. The smallest absolute Gasteiger partial charge is 0.352 e. The number of aliphatic imine (C=N–C) groups is 1. The molecule has 0 aliphatic rings. The molecule has 0 saturated carbocycles. The van der Waals surface area contributed by atoms with Gasteiger partial charge >= 0.3 is 6.18 Å². The van der Waals surface area contributed by atoms with Crippen LogP contribution in [0.25, 0.3) is 0 Å². The van der Waals surface area contributed by atoms with Gasteiger partial charge < -0.3 is 20.9 Å². The molecular formula is C22H28F3N5O. The number of rotatable bonds is 8. The highest BCUT2D eigenvalue weighted by Crippen LogP contribution is 2.29. The molecule has 6 nitrogen and oxygen atoms in total. The van der Waals surface area contributed by atoms with E-state index in [1.54, 1.807) is 19.2 Å². The van der Waals surface area contributed by atoms with E-state index in [2.05, 4.69) is 20.9 Å². The van der Waals surface area contributed by atoms with Gasteiger partial charge in [-0.2, -0.15) is 13.2 Å². The zero-order valence-corrected chi connectivity index (χ0v) is 17.9. The predicted molar refractivity (Wildman–Crippen MR) is 116 cm³/mol. The summed E-state index contributed by atoms with van der Waals surface area (Å²) in [5, 5.41) is 9.08. The van der Waals surface area contributed by atoms with Crippen LogP contribution < -0.4 is 16.0 Å². The lowest BCUT2D eigenvalue weighted by Gasteiger charge is -2.14. The van der Waals surface area contributed by atoms with Crippen molar-refractivity contribution < 1.29 is 18.0 Å². The Morgan fingerprint density at radius 3 is 2.19 bits per heavy atom. The van der Waals surface area contributed by atoms with E-state index in [0.717, 1.165) is 24.2 Å². The van der Waals surface area contributed by atoms with Gasteiger partial charge in [0.2, 0.25) is 0 Å². The maximum atomic E-state index is 12.6. The van der Waals surface area contributed by atoms with Crippen molar-refractivity contribution in [3.05, 3.63) is 70.8 Å². The van der Waals surface area contributed by atoms with Crippen LogP contribution in [0.1, 0.15) is 27.0 Å². The van der Waals surface area contributed by atoms with Crippen LogP contribution in [0.4, 0.5) is 13.2 Å². The van der Waals surface area contributed by atoms with Crippen LogP contribution >= 0.6 is 0 Å². The van der Waals surface area contributed by atoms with E-state index in [1.165, 1.54) is 12.1 Å². The van der Waals surface area contributed by atoms with Gasteiger partial charge in [0.1, 0.15) is 0 Å². The van der Waals surface area contributed by atoms with Gasteiger partial charge in [-0.3, -0.25) is 9.79 Å². The number of guanidine groups is 1. The molecule has 0 atom stereocenters. The number of nitrogens with zero attached hydrogens (tertiary/aromatic N) is 2. The first-order chi connectivity index (χ1) is 14.7. The Morgan fingerprint density at radius 2 is 1.61 bits per heavy atom. The topological polar surface area (TPSA) is 68.8 Å². The van der Waals surface area contributed by atoms with Gasteiger partial charge in [0.15, 0.2) is 5.96 Å². The quantitative estimate of drug-likeness (QED) is 0.441. The largest absolute Gasteiger partial charge is 0.416 e. The summed E-state index contributed by atoms with van der Waals surface area (Å²) in [4.78, 5) is 18.4. The van der Waals surface area contributed by atoms with Crippen molar-refractivity contribution >= 4 is 11.9 Å². The van der Waals surface area contributed by atoms with E-state index < -0.39 is 11.7 Å². The van der Waals surface area contributed by atoms with Crippen LogP contribution in [-0.4, -0.2) is 51.0 Å². The Hall–Kier alpha value is -3.07. The van der Waals surface area contributed by atoms with Crippen molar-refractivity contribution in [3.8, 4) is 0 Å². The number of nitrogens with one attached hydrogen (secondary N) is 3. The lowest BCUT2D eigenvalue weighted by Crippen LogP contribution is -2.36. The fourth-order valence-corrected chi connectivity index (χ4v) is 2.72. The Balaban J connectivity index is 1.86. The molecule has 0 aromatic heterocycles. The third-order valence-electron chi connectivity index (χ3n) is 4.46. The zero-order chi connectivity index (χ0) is 22.9. The third-order valence-corrected chi connectivity index (χ3v) is 4.46. The van der Waals surface area contributed by atoms with Crippen LogP contribution in [0.2, 0.25) is 0 Å². The first kappa shape index (κ1) is 24.2. The number of halogens is 3. The predicted octanol–water partition coefficient (Wildman–Crippen LogP) is 2.86. The van der Waals surface area contributed by atoms with Crippen LogP contribution in [0.15, 0.2) is 53.5 Å². The Kier molecular flexibility index (Phi) is 8.87. The first-order valence-electron chi connectivity index (χ1n) is 9.81. The van der Waals surface area contributed by atoms with Crippen molar-refractivity contribution in [3.63, 3.8) is 0 Å². The number of hydrogen-bond acceptors (Lipinski definition) is 3. The number of carbonyl (C=O) groups excluding carboxylic acids is 1. The zero-order valence-electron chi connectivity index (χ0n) is 17.9. The van der Waals surface area contributed by atoms with Gasteiger partial charge in [0, 0.05) is 38.8 Å².